The highest BCUT2D eigenvalue weighted by molar-refractivity contribution is 7.99. The third-order valence-electron chi connectivity index (χ3n) is 5.06. The Morgan fingerprint density at radius 3 is 2.29 bits per heavy atom. The number of thioether (sulfide) groups is 1. The van der Waals surface area contributed by atoms with Crippen molar-refractivity contribution in [2.45, 2.75) is 16.2 Å². The molecular formula is C22H27ClN2O5S. The van der Waals surface area contributed by atoms with Crippen molar-refractivity contribution in [2.24, 2.45) is 0 Å². The van der Waals surface area contributed by atoms with E-state index in [4.69, 9.17) is 25.8 Å². The zero-order valence-corrected chi connectivity index (χ0v) is 19.8. The highest BCUT2D eigenvalue weighted by atomic mass is 35.5. The largest absolute Gasteiger partial charge is 0.493 e. The van der Waals surface area contributed by atoms with Gasteiger partial charge in [-0.2, -0.15) is 0 Å². The summed E-state index contributed by atoms with van der Waals surface area (Å²) in [6.45, 7) is 1.07. The first kappa shape index (κ1) is 23.5. The smallest absolute Gasteiger partial charge is 0.257 e. The maximum absolute atomic E-state index is 13.4. The lowest BCUT2D eigenvalue weighted by Crippen LogP contribution is -2.43. The third-order valence-corrected chi connectivity index (χ3v) is 6.68. The van der Waals surface area contributed by atoms with Crippen molar-refractivity contribution in [3.8, 4) is 17.2 Å². The van der Waals surface area contributed by atoms with Crippen LogP contribution in [0.5, 0.6) is 17.2 Å². The van der Waals surface area contributed by atoms with Gasteiger partial charge in [-0.05, 0) is 50.0 Å². The van der Waals surface area contributed by atoms with Crippen molar-refractivity contribution in [1.29, 1.82) is 0 Å². The van der Waals surface area contributed by atoms with Crippen molar-refractivity contribution in [3.63, 3.8) is 0 Å². The molecule has 1 aliphatic heterocycles. The van der Waals surface area contributed by atoms with Gasteiger partial charge < -0.3 is 29.1 Å². The number of aliphatic hydroxyl groups excluding tert-OH is 1. The summed E-state index contributed by atoms with van der Waals surface area (Å²) in [5.74, 6) is 0.992. The number of anilines is 1. The van der Waals surface area contributed by atoms with Gasteiger partial charge in [0.25, 0.3) is 5.91 Å². The fraction of sp³-hybridized carbons (Fsp3) is 0.409. The molecule has 2 aromatic rings. The van der Waals surface area contributed by atoms with Crippen molar-refractivity contribution in [1.82, 2.24) is 4.90 Å². The third kappa shape index (κ3) is 4.87. The highest BCUT2D eigenvalue weighted by Gasteiger charge is 2.38. The van der Waals surface area contributed by atoms with E-state index in [1.54, 1.807) is 29.2 Å². The molecule has 3 rings (SSSR count). The summed E-state index contributed by atoms with van der Waals surface area (Å²) < 4.78 is 16.3. The normalized spacial score (nSPS) is 18.6. The van der Waals surface area contributed by atoms with E-state index in [2.05, 4.69) is 0 Å². The Kier molecular flexibility index (Phi) is 7.59. The number of aliphatic hydroxyl groups is 1. The van der Waals surface area contributed by atoms with Gasteiger partial charge in [-0.25, -0.2) is 0 Å². The number of likely N-dealkylation sites (N-methyl/N-ethyl adjacent to an activating group) is 1. The fourth-order valence-electron chi connectivity index (χ4n) is 3.46. The summed E-state index contributed by atoms with van der Waals surface area (Å²) in [6.07, 6.45) is -1.28. The standard InChI is InChI=1S/C22H27ClN2O5S/c1-24(2)8-9-25-15-12-14(23)6-7-18(15)31-21(19(26)22(25)27)13-10-16(28-3)20(30-5)17(11-13)29-4/h6-7,10-12,19,21,26H,8-9H2,1-5H3. The summed E-state index contributed by atoms with van der Waals surface area (Å²) in [7, 11) is 8.46. The molecule has 31 heavy (non-hydrogen) atoms. The number of hydrogen-bond acceptors (Lipinski definition) is 7. The minimum atomic E-state index is -1.28. The number of hydrogen-bond donors (Lipinski definition) is 1. The van der Waals surface area contributed by atoms with Crippen LogP contribution >= 0.6 is 23.4 Å². The quantitative estimate of drug-likeness (QED) is 0.669. The summed E-state index contributed by atoms with van der Waals surface area (Å²) in [5, 5.41) is 11.1. The molecule has 7 nitrogen and oxygen atoms in total. The molecule has 1 heterocycles. The first-order valence-corrected chi connectivity index (χ1v) is 11.0. The molecule has 0 fully saturated rings. The average molecular weight is 467 g/mol. The van der Waals surface area contributed by atoms with Crippen molar-refractivity contribution in [2.75, 3.05) is 53.4 Å². The minimum Gasteiger partial charge on any atom is -0.493 e. The van der Waals surface area contributed by atoms with Crippen LogP contribution in [0.4, 0.5) is 5.69 Å². The van der Waals surface area contributed by atoms with Crippen LogP contribution in [0.2, 0.25) is 5.02 Å². The van der Waals surface area contributed by atoms with Crippen LogP contribution in [-0.2, 0) is 4.79 Å². The van der Waals surface area contributed by atoms with Gasteiger partial charge in [0.2, 0.25) is 5.75 Å². The number of rotatable bonds is 7. The molecule has 0 saturated carbocycles. The summed E-state index contributed by atoms with van der Waals surface area (Å²) >= 11 is 7.65. The Hall–Kier alpha value is -2.13. The minimum absolute atomic E-state index is 0.380. The Labute approximate surface area is 191 Å². The molecule has 1 amide bonds. The molecular weight excluding hydrogens is 440 g/mol. The molecule has 0 radical (unpaired) electrons. The Bertz CT molecular complexity index is 930. The number of benzene rings is 2. The molecule has 0 aliphatic carbocycles. The monoisotopic (exact) mass is 466 g/mol. The number of amides is 1. The fourth-order valence-corrected chi connectivity index (χ4v) is 4.85. The van der Waals surface area contributed by atoms with Gasteiger partial charge in [0.15, 0.2) is 11.5 Å². The molecule has 9 heteroatoms. The summed E-state index contributed by atoms with van der Waals surface area (Å²) in [4.78, 5) is 17.8. The zero-order valence-electron chi connectivity index (χ0n) is 18.2. The summed E-state index contributed by atoms with van der Waals surface area (Å²) in [6, 6.07) is 8.95. The lowest BCUT2D eigenvalue weighted by molar-refractivity contribution is -0.126. The second-order valence-corrected chi connectivity index (χ2v) is 8.97. The molecule has 2 unspecified atom stereocenters. The van der Waals surface area contributed by atoms with E-state index in [-0.39, 0.29) is 5.91 Å². The Balaban J connectivity index is 2.10. The van der Waals surface area contributed by atoms with E-state index < -0.39 is 11.4 Å². The van der Waals surface area contributed by atoms with Crippen LogP contribution in [0, 0.1) is 0 Å². The predicted octanol–water partition coefficient (Wildman–Crippen LogP) is 3.47. The SMILES string of the molecule is COc1cc(C2Sc3ccc(Cl)cc3N(CCN(C)C)C(=O)C2O)cc(OC)c1OC. The highest BCUT2D eigenvalue weighted by Crippen LogP contribution is 2.49. The molecule has 1 N–H and O–H groups in total. The van der Waals surface area contributed by atoms with Crippen molar-refractivity contribution >= 4 is 35.0 Å². The van der Waals surface area contributed by atoms with E-state index in [0.29, 0.717) is 46.6 Å². The molecule has 2 atom stereocenters. The summed E-state index contributed by atoms with van der Waals surface area (Å²) in [5.41, 5.74) is 1.38. The van der Waals surface area contributed by atoms with Gasteiger partial charge in [-0.3, -0.25) is 4.79 Å². The van der Waals surface area contributed by atoms with Crippen LogP contribution in [0.3, 0.4) is 0 Å². The number of carbonyl (C=O) groups is 1. The van der Waals surface area contributed by atoms with Crippen molar-refractivity contribution < 1.29 is 24.1 Å². The van der Waals surface area contributed by atoms with Crippen molar-refractivity contribution in [3.05, 3.63) is 40.9 Å². The molecule has 168 valence electrons. The van der Waals surface area contributed by atoms with Gasteiger partial charge in [0, 0.05) is 23.0 Å². The number of carbonyl (C=O) groups excluding carboxylic acids is 1. The van der Waals surface area contributed by atoms with E-state index >= 15 is 0 Å². The number of ether oxygens (including phenoxy) is 3. The van der Waals surface area contributed by atoms with E-state index in [1.807, 2.05) is 25.1 Å². The molecule has 2 aromatic carbocycles. The Morgan fingerprint density at radius 1 is 1.10 bits per heavy atom. The maximum Gasteiger partial charge on any atom is 0.257 e. The van der Waals surface area contributed by atoms with Gasteiger partial charge in [-0.1, -0.05) is 11.6 Å². The second kappa shape index (κ2) is 9.99. The zero-order chi connectivity index (χ0) is 22.7. The first-order valence-electron chi connectivity index (χ1n) is 9.71. The molecule has 0 saturated heterocycles. The van der Waals surface area contributed by atoms with Crippen LogP contribution in [-0.4, -0.2) is 70.5 Å². The van der Waals surface area contributed by atoms with Gasteiger partial charge in [-0.15, -0.1) is 11.8 Å². The van der Waals surface area contributed by atoms with E-state index in [1.165, 1.54) is 33.1 Å². The number of halogens is 1. The number of fused-ring (bicyclic) bond motifs is 1. The lowest BCUT2D eigenvalue weighted by Gasteiger charge is -2.26. The molecule has 0 aromatic heterocycles. The Morgan fingerprint density at radius 2 is 1.74 bits per heavy atom. The van der Waals surface area contributed by atoms with Gasteiger partial charge >= 0.3 is 0 Å². The number of nitrogens with zero attached hydrogens (tertiary/aromatic N) is 2. The molecule has 0 bridgehead atoms. The van der Waals surface area contributed by atoms with Gasteiger partial charge in [0.1, 0.15) is 6.10 Å². The predicted molar refractivity (Wildman–Crippen MR) is 123 cm³/mol. The van der Waals surface area contributed by atoms with Crippen LogP contribution in [0.1, 0.15) is 10.8 Å². The molecule has 1 aliphatic rings. The lowest BCUT2D eigenvalue weighted by atomic mass is 10.0. The average Bonchev–Trinajstić information content (AvgIpc) is 2.85. The maximum atomic E-state index is 13.4. The molecule has 0 spiro atoms. The number of methoxy groups -OCH3 is 3. The second-order valence-electron chi connectivity index (χ2n) is 7.35. The van der Waals surface area contributed by atoms with E-state index in [9.17, 15) is 9.90 Å². The van der Waals surface area contributed by atoms with Gasteiger partial charge in [0.05, 0.1) is 32.3 Å². The van der Waals surface area contributed by atoms with Crippen LogP contribution in [0.25, 0.3) is 0 Å². The van der Waals surface area contributed by atoms with E-state index in [0.717, 1.165) is 4.90 Å². The van der Waals surface area contributed by atoms with Crippen LogP contribution < -0.4 is 19.1 Å². The topological polar surface area (TPSA) is 71.5 Å². The first-order chi connectivity index (χ1) is 14.8. The van der Waals surface area contributed by atoms with Crippen LogP contribution in [0.15, 0.2) is 35.2 Å².